The van der Waals surface area contributed by atoms with Crippen molar-refractivity contribution in [2.45, 2.75) is 6.92 Å². The smallest absolute Gasteiger partial charge is 0.312 e. The molecule has 1 aromatic carbocycles. The minimum Gasteiger partial charge on any atom is -0.330 e. The Hall–Kier alpha value is -1.03. The zero-order valence-electron chi connectivity index (χ0n) is 10.1. The van der Waals surface area contributed by atoms with Crippen LogP contribution in [0.4, 0.5) is 5.69 Å². The molecule has 0 bridgehead atoms. The van der Waals surface area contributed by atoms with Crippen molar-refractivity contribution in [3.05, 3.63) is 28.8 Å². The number of benzene rings is 1. The molecule has 1 N–H and O–H groups in total. The van der Waals surface area contributed by atoms with Crippen molar-refractivity contribution >= 4 is 30.7 Å². The lowest BCUT2D eigenvalue weighted by Gasteiger charge is -2.20. The first kappa shape index (κ1) is 13.4. The van der Waals surface area contributed by atoms with Gasteiger partial charge in [-0.05, 0) is 25.1 Å². The third-order valence-electron chi connectivity index (χ3n) is 2.59. The number of halogens is 1. The van der Waals surface area contributed by atoms with Gasteiger partial charge in [-0.1, -0.05) is 11.6 Å². The zero-order valence-corrected chi connectivity index (χ0v) is 11.8. The average molecular weight is 289 g/mol. The molecule has 18 heavy (non-hydrogen) atoms. The highest BCUT2D eigenvalue weighted by molar-refractivity contribution is 7.60. The van der Waals surface area contributed by atoms with Crippen molar-refractivity contribution in [1.29, 1.82) is 0 Å². The molecule has 0 aromatic heterocycles. The van der Waals surface area contributed by atoms with Gasteiger partial charge in [-0.25, -0.2) is 0 Å². The van der Waals surface area contributed by atoms with Crippen molar-refractivity contribution in [3.63, 3.8) is 0 Å². The highest BCUT2D eigenvalue weighted by Gasteiger charge is 2.33. The Balaban J connectivity index is 2.49. The average Bonchev–Trinajstić information content (AvgIpc) is 2.38. The van der Waals surface area contributed by atoms with E-state index in [0.29, 0.717) is 22.9 Å². The highest BCUT2D eigenvalue weighted by Crippen LogP contribution is 2.49. The molecule has 1 amide bonds. The van der Waals surface area contributed by atoms with E-state index in [9.17, 15) is 9.36 Å². The van der Waals surface area contributed by atoms with Gasteiger partial charge in [0.25, 0.3) is 5.91 Å². The van der Waals surface area contributed by atoms with Crippen LogP contribution in [0.1, 0.15) is 17.3 Å². The Bertz CT molecular complexity index is 535. The van der Waals surface area contributed by atoms with Crippen LogP contribution in [-0.2, 0) is 9.09 Å². The van der Waals surface area contributed by atoms with Gasteiger partial charge in [0.2, 0.25) is 0 Å². The lowest BCUT2D eigenvalue weighted by atomic mass is 10.1. The number of carbonyl (C=O) groups is 1. The van der Waals surface area contributed by atoms with Gasteiger partial charge in [0.05, 0.1) is 17.9 Å². The van der Waals surface area contributed by atoms with Gasteiger partial charge in [-0.3, -0.25) is 9.36 Å². The number of hydrogen-bond acceptors (Lipinski definition) is 3. The number of nitrogens with one attached hydrogen (secondary N) is 1. The lowest BCUT2D eigenvalue weighted by Crippen LogP contribution is -2.26. The topological polar surface area (TPSA) is 58.6 Å². The van der Waals surface area contributed by atoms with Gasteiger partial charge < -0.3 is 14.5 Å². The zero-order chi connectivity index (χ0) is 13.3. The Labute approximate surface area is 111 Å². The maximum atomic E-state index is 12.5. The molecule has 1 heterocycles. The fraction of sp³-hybridized carbons (Fsp3) is 0.364. The summed E-state index contributed by atoms with van der Waals surface area (Å²) in [6.45, 7) is 2.08. The number of fused-ring (bicyclic) bond motifs is 1. The molecule has 2 rings (SSSR count). The second-order valence-corrected chi connectivity index (χ2v) is 6.59. The minimum atomic E-state index is -3.09. The largest absolute Gasteiger partial charge is 0.330 e. The summed E-state index contributed by atoms with van der Waals surface area (Å²) in [6, 6.07) is 4.84. The van der Waals surface area contributed by atoms with Crippen molar-refractivity contribution in [3.8, 4) is 0 Å². The second kappa shape index (κ2) is 4.92. The summed E-state index contributed by atoms with van der Waals surface area (Å²) in [5.74, 6) is -0.225. The lowest BCUT2D eigenvalue weighted by molar-refractivity contribution is 0.0815. The number of amides is 1. The first-order chi connectivity index (χ1) is 8.45. The fourth-order valence-electron chi connectivity index (χ4n) is 1.84. The molecule has 5 nitrogen and oxygen atoms in total. The fourth-order valence-corrected chi connectivity index (χ4v) is 3.90. The normalized spacial score (nSPS) is 23.3. The molecule has 0 aliphatic carbocycles. The van der Waals surface area contributed by atoms with Gasteiger partial charge in [-0.15, -0.1) is 0 Å². The first-order valence-corrected chi connectivity index (χ1v) is 7.71. The van der Waals surface area contributed by atoms with Crippen LogP contribution < -0.4 is 5.09 Å². The van der Waals surface area contributed by atoms with Crippen LogP contribution in [0.15, 0.2) is 18.2 Å². The van der Waals surface area contributed by atoms with Crippen molar-refractivity contribution < 1.29 is 13.9 Å². The Morgan fingerprint density at radius 2 is 2.28 bits per heavy atom. The van der Waals surface area contributed by atoms with Gasteiger partial charge in [-0.2, -0.15) is 0 Å². The first-order valence-electron chi connectivity index (χ1n) is 5.52. The second-order valence-electron chi connectivity index (χ2n) is 4.04. The Kier molecular flexibility index (Phi) is 3.66. The molecule has 1 aliphatic rings. The number of anilines is 1. The predicted octanol–water partition coefficient (Wildman–Crippen LogP) is 3.02. The van der Waals surface area contributed by atoms with Crippen LogP contribution in [0.25, 0.3) is 0 Å². The Morgan fingerprint density at radius 3 is 2.94 bits per heavy atom. The molecule has 0 saturated carbocycles. The molecule has 7 heteroatoms. The quantitative estimate of drug-likeness (QED) is 0.850. The molecular formula is C11H14ClN2O3P. The van der Waals surface area contributed by atoms with Gasteiger partial charge in [0.1, 0.15) is 6.29 Å². The van der Waals surface area contributed by atoms with Crippen molar-refractivity contribution in [2.75, 3.05) is 25.0 Å². The predicted molar refractivity (Wildman–Crippen MR) is 71.3 cm³/mol. The van der Waals surface area contributed by atoms with Crippen LogP contribution in [0.2, 0.25) is 5.02 Å². The third kappa shape index (κ3) is 2.53. The SMILES string of the molecule is CCOP1(=O)CN(C)C(=O)c2cc(Cl)ccc2N1. The van der Waals surface area contributed by atoms with Crippen molar-refractivity contribution in [2.24, 2.45) is 0 Å². The molecule has 0 spiro atoms. The standard InChI is InChI=1S/C11H14ClN2O3P/c1-3-17-18(16)7-14(2)11(15)9-6-8(12)4-5-10(9)13-18/h4-6H,3,7H2,1-2H3,(H,13,16). The number of nitrogens with zero attached hydrogens (tertiary/aromatic N) is 1. The monoisotopic (exact) mass is 288 g/mol. The van der Waals surface area contributed by atoms with Crippen LogP contribution >= 0.6 is 19.1 Å². The molecule has 1 aromatic rings. The molecule has 1 atom stereocenters. The molecular weight excluding hydrogens is 275 g/mol. The molecule has 98 valence electrons. The van der Waals surface area contributed by atoms with Crippen LogP contribution in [0.5, 0.6) is 0 Å². The van der Waals surface area contributed by atoms with E-state index in [1.165, 1.54) is 4.90 Å². The highest BCUT2D eigenvalue weighted by atomic mass is 35.5. The number of carbonyl (C=O) groups excluding carboxylic acids is 1. The van der Waals surface area contributed by atoms with Crippen LogP contribution in [-0.4, -0.2) is 30.7 Å². The van der Waals surface area contributed by atoms with Crippen LogP contribution in [0.3, 0.4) is 0 Å². The van der Waals surface area contributed by atoms with Crippen LogP contribution in [0, 0.1) is 0 Å². The van der Waals surface area contributed by atoms with E-state index in [4.69, 9.17) is 16.1 Å². The third-order valence-corrected chi connectivity index (χ3v) is 4.87. The molecule has 0 radical (unpaired) electrons. The van der Waals surface area contributed by atoms with Gasteiger partial charge >= 0.3 is 7.52 Å². The molecule has 0 saturated heterocycles. The maximum absolute atomic E-state index is 12.5. The summed E-state index contributed by atoms with van der Waals surface area (Å²) in [7, 11) is -1.50. The minimum absolute atomic E-state index is 0.0337. The summed E-state index contributed by atoms with van der Waals surface area (Å²) in [5.41, 5.74) is 0.896. The molecule has 0 fully saturated rings. The number of hydrogen-bond donors (Lipinski definition) is 1. The van der Waals surface area contributed by atoms with E-state index < -0.39 is 7.52 Å². The van der Waals surface area contributed by atoms with Gasteiger partial charge in [0, 0.05) is 12.1 Å². The maximum Gasteiger partial charge on any atom is 0.312 e. The van der Waals surface area contributed by atoms with E-state index in [2.05, 4.69) is 5.09 Å². The van der Waals surface area contributed by atoms with E-state index in [1.54, 1.807) is 32.2 Å². The summed E-state index contributed by atoms with van der Waals surface area (Å²) >= 11 is 5.88. The summed E-state index contributed by atoms with van der Waals surface area (Å²) in [4.78, 5) is 13.5. The molecule has 1 aliphatic heterocycles. The van der Waals surface area contributed by atoms with E-state index >= 15 is 0 Å². The van der Waals surface area contributed by atoms with E-state index in [0.717, 1.165) is 0 Å². The summed E-state index contributed by atoms with van der Waals surface area (Å²) in [6.07, 6.45) is 0.0337. The summed E-state index contributed by atoms with van der Waals surface area (Å²) < 4.78 is 17.8. The van der Waals surface area contributed by atoms with Gasteiger partial charge in [0.15, 0.2) is 0 Å². The summed E-state index contributed by atoms with van der Waals surface area (Å²) in [5, 5.41) is 3.30. The molecule has 1 unspecified atom stereocenters. The number of rotatable bonds is 2. The van der Waals surface area contributed by atoms with E-state index in [1.807, 2.05) is 0 Å². The van der Waals surface area contributed by atoms with E-state index in [-0.39, 0.29) is 12.2 Å². The Morgan fingerprint density at radius 1 is 1.56 bits per heavy atom. The van der Waals surface area contributed by atoms with Crippen molar-refractivity contribution in [1.82, 2.24) is 4.90 Å².